The van der Waals surface area contributed by atoms with Crippen LogP contribution in [-0.2, 0) is 6.61 Å². The topological polar surface area (TPSA) is 22.1 Å². The van der Waals surface area contributed by atoms with Gasteiger partial charge in [-0.2, -0.15) is 0 Å². The van der Waals surface area contributed by atoms with Gasteiger partial charge >= 0.3 is 0 Å². The average molecular weight is 272 g/mol. The minimum absolute atomic E-state index is 0.135. The highest BCUT2D eigenvalue weighted by atomic mass is 35.5. The van der Waals surface area contributed by atoms with Crippen LogP contribution in [0.25, 0.3) is 0 Å². The molecular weight excluding hydrogens is 264 g/mol. The standard InChI is InChI=1S/C12H8Cl2FNO/c13-8-4-5-11(10(15)6-8)17-7-9-2-1-3-12(14)16-9/h1-6H,7H2. The third-order valence-corrected chi connectivity index (χ3v) is 2.49. The number of pyridine rings is 1. The summed E-state index contributed by atoms with van der Waals surface area (Å²) >= 11 is 11.4. The van der Waals surface area contributed by atoms with Gasteiger partial charge in [-0.1, -0.05) is 29.3 Å². The normalized spacial score (nSPS) is 10.3. The fraction of sp³-hybridized carbons (Fsp3) is 0.0833. The fourth-order valence-corrected chi connectivity index (χ4v) is 1.61. The second kappa shape index (κ2) is 5.34. The van der Waals surface area contributed by atoms with Crippen molar-refractivity contribution in [2.75, 3.05) is 0 Å². The maximum atomic E-state index is 13.4. The smallest absolute Gasteiger partial charge is 0.166 e. The summed E-state index contributed by atoms with van der Waals surface area (Å²) < 4.78 is 18.7. The number of hydrogen-bond acceptors (Lipinski definition) is 2. The van der Waals surface area contributed by atoms with Crippen LogP contribution in [0.5, 0.6) is 5.75 Å². The molecule has 1 heterocycles. The molecule has 0 atom stereocenters. The van der Waals surface area contributed by atoms with Crippen LogP contribution in [0.4, 0.5) is 4.39 Å². The number of rotatable bonds is 3. The molecule has 1 aromatic carbocycles. The van der Waals surface area contributed by atoms with Gasteiger partial charge in [0.1, 0.15) is 11.8 Å². The van der Waals surface area contributed by atoms with Crippen LogP contribution in [0.15, 0.2) is 36.4 Å². The maximum absolute atomic E-state index is 13.4. The summed E-state index contributed by atoms with van der Waals surface area (Å²) in [6.45, 7) is 0.152. The van der Waals surface area contributed by atoms with Crippen LogP contribution >= 0.6 is 23.2 Å². The molecule has 17 heavy (non-hydrogen) atoms. The summed E-state index contributed by atoms with van der Waals surface area (Å²) in [6, 6.07) is 9.40. The number of halogens is 3. The molecule has 0 aliphatic heterocycles. The number of benzene rings is 1. The summed E-state index contributed by atoms with van der Waals surface area (Å²) in [5.41, 5.74) is 0.631. The first-order valence-corrected chi connectivity index (χ1v) is 5.60. The van der Waals surface area contributed by atoms with Crippen molar-refractivity contribution in [2.24, 2.45) is 0 Å². The molecule has 5 heteroatoms. The highest BCUT2D eigenvalue weighted by Gasteiger charge is 2.05. The molecule has 2 nitrogen and oxygen atoms in total. The first kappa shape index (κ1) is 12.1. The first-order valence-electron chi connectivity index (χ1n) is 4.84. The Balaban J connectivity index is 2.07. The second-order valence-corrected chi connectivity index (χ2v) is 4.14. The molecule has 0 unspecified atom stereocenters. The predicted molar refractivity (Wildman–Crippen MR) is 65.0 cm³/mol. The van der Waals surface area contributed by atoms with Crippen LogP contribution in [0, 0.1) is 5.82 Å². The lowest BCUT2D eigenvalue weighted by atomic mass is 10.3. The molecule has 0 aliphatic rings. The zero-order chi connectivity index (χ0) is 12.3. The molecule has 0 amide bonds. The van der Waals surface area contributed by atoms with Gasteiger partial charge in [0.15, 0.2) is 11.6 Å². The van der Waals surface area contributed by atoms with Crippen LogP contribution in [0.1, 0.15) is 5.69 Å². The van der Waals surface area contributed by atoms with E-state index in [4.69, 9.17) is 27.9 Å². The van der Waals surface area contributed by atoms with E-state index in [1.165, 1.54) is 12.1 Å². The van der Waals surface area contributed by atoms with Crippen LogP contribution in [0.3, 0.4) is 0 Å². The van der Waals surface area contributed by atoms with Gasteiger partial charge in [0, 0.05) is 5.02 Å². The van der Waals surface area contributed by atoms with Crippen LogP contribution in [-0.4, -0.2) is 4.98 Å². The number of hydrogen-bond donors (Lipinski definition) is 0. The molecule has 1 aromatic heterocycles. The Labute approximate surface area is 108 Å². The Morgan fingerprint density at radius 1 is 1.18 bits per heavy atom. The van der Waals surface area contributed by atoms with Gasteiger partial charge < -0.3 is 4.74 Å². The molecule has 0 radical (unpaired) electrons. The van der Waals surface area contributed by atoms with Crippen molar-refractivity contribution >= 4 is 23.2 Å². The molecule has 2 aromatic rings. The van der Waals surface area contributed by atoms with E-state index in [-0.39, 0.29) is 12.4 Å². The van der Waals surface area contributed by atoms with Crippen molar-refractivity contribution in [1.29, 1.82) is 0 Å². The Hall–Kier alpha value is -1.32. The Morgan fingerprint density at radius 3 is 2.71 bits per heavy atom. The minimum atomic E-state index is -0.500. The third kappa shape index (κ3) is 3.32. The van der Waals surface area contributed by atoms with Crippen molar-refractivity contribution in [3.63, 3.8) is 0 Å². The molecule has 2 rings (SSSR count). The van der Waals surface area contributed by atoms with Crippen molar-refractivity contribution in [3.8, 4) is 5.75 Å². The first-order chi connectivity index (χ1) is 8.15. The summed E-state index contributed by atoms with van der Waals surface area (Å²) in [5, 5.41) is 0.707. The molecule has 0 N–H and O–H groups in total. The van der Waals surface area contributed by atoms with Crippen molar-refractivity contribution in [2.45, 2.75) is 6.61 Å². The second-order valence-electron chi connectivity index (χ2n) is 3.32. The molecular formula is C12H8Cl2FNO. The third-order valence-electron chi connectivity index (χ3n) is 2.04. The summed E-state index contributed by atoms with van der Waals surface area (Å²) in [7, 11) is 0. The average Bonchev–Trinajstić information content (AvgIpc) is 2.28. The maximum Gasteiger partial charge on any atom is 0.166 e. The van der Waals surface area contributed by atoms with E-state index in [1.54, 1.807) is 24.3 Å². The molecule has 0 aliphatic carbocycles. The van der Waals surface area contributed by atoms with E-state index in [0.29, 0.717) is 15.9 Å². The van der Waals surface area contributed by atoms with E-state index < -0.39 is 5.82 Å². The zero-order valence-electron chi connectivity index (χ0n) is 8.66. The highest BCUT2D eigenvalue weighted by molar-refractivity contribution is 6.30. The van der Waals surface area contributed by atoms with Gasteiger partial charge in [0.05, 0.1) is 5.69 Å². The van der Waals surface area contributed by atoms with E-state index in [0.717, 1.165) is 0 Å². The van der Waals surface area contributed by atoms with Crippen LogP contribution in [0.2, 0.25) is 10.2 Å². The lowest BCUT2D eigenvalue weighted by Crippen LogP contribution is -1.99. The lowest BCUT2D eigenvalue weighted by molar-refractivity contribution is 0.286. The molecule has 0 saturated heterocycles. The number of ether oxygens (including phenoxy) is 1. The van der Waals surface area contributed by atoms with Gasteiger partial charge in [-0.05, 0) is 30.3 Å². The summed E-state index contributed by atoms with van der Waals surface area (Å²) in [4.78, 5) is 4.03. The molecule has 88 valence electrons. The predicted octanol–water partition coefficient (Wildman–Crippen LogP) is 4.11. The van der Waals surface area contributed by atoms with Gasteiger partial charge in [-0.25, -0.2) is 9.37 Å². The highest BCUT2D eigenvalue weighted by Crippen LogP contribution is 2.21. The zero-order valence-corrected chi connectivity index (χ0v) is 10.2. The Kier molecular flexibility index (Phi) is 3.82. The molecule has 0 bridgehead atoms. The van der Waals surface area contributed by atoms with Crippen molar-refractivity contribution < 1.29 is 9.13 Å². The fourth-order valence-electron chi connectivity index (χ4n) is 1.27. The van der Waals surface area contributed by atoms with E-state index in [2.05, 4.69) is 4.98 Å². The summed E-state index contributed by atoms with van der Waals surface area (Å²) in [6.07, 6.45) is 0. The van der Waals surface area contributed by atoms with Gasteiger partial charge in [-0.15, -0.1) is 0 Å². The van der Waals surface area contributed by atoms with Crippen molar-refractivity contribution in [1.82, 2.24) is 4.98 Å². The van der Waals surface area contributed by atoms with Crippen molar-refractivity contribution in [3.05, 3.63) is 58.1 Å². The molecule has 0 saturated carbocycles. The van der Waals surface area contributed by atoms with E-state index in [9.17, 15) is 4.39 Å². The SMILES string of the molecule is Fc1cc(Cl)ccc1OCc1cccc(Cl)n1. The monoisotopic (exact) mass is 271 g/mol. The number of aromatic nitrogens is 1. The number of nitrogens with zero attached hydrogens (tertiary/aromatic N) is 1. The lowest BCUT2D eigenvalue weighted by Gasteiger charge is -2.07. The minimum Gasteiger partial charge on any atom is -0.484 e. The van der Waals surface area contributed by atoms with E-state index >= 15 is 0 Å². The van der Waals surface area contributed by atoms with E-state index in [1.807, 2.05) is 0 Å². The van der Waals surface area contributed by atoms with Gasteiger partial charge in [0.25, 0.3) is 0 Å². The Morgan fingerprint density at radius 2 is 2.00 bits per heavy atom. The molecule has 0 spiro atoms. The molecule has 0 fully saturated rings. The quantitative estimate of drug-likeness (QED) is 0.784. The van der Waals surface area contributed by atoms with Gasteiger partial charge in [0.2, 0.25) is 0 Å². The largest absolute Gasteiger partial charge is 0.484 e. The Bertz CT molecular complexity index is 534. The van der Waals surface area contributed by atoms with Gasteiger partial charge in [-0.3, -0.25) is 0 Å². The summed E-state index contributed by atoms with van der Waals surface area (Å²) in [5.74, 6) is -0.365. The van der Waals surface area contributed by atoms with Crippen LogP contribution < -0.4 is 4.74 Å².